The lowest BCUT2D eigenvalue weighted by Crippen LogP contribution is -2.24. The smallest absolute Gasteiger partial charge is 0.000960 e. The van der Waals surface area contributed by atoms with E-state index < -0.39 is 0 Å². The van der Waals surface area contributed by atoms with Crippen LogP contribution in [0.15, 0.2) is 0 Å². The summed E-state index contributed by atoms with van der Waals surface area (Å²) in [4.78, 5) is 4.75. The van der Waals surface area contributed by atoms with E-state index in [9.17, 15) is 0 Å². The van der Waals surface area contributed by atoms with Gasteiger partial charge in [0, 0.05) is 0 Å². The lowest BCUT2D eigenvalue weighted by Gasteiger charge is -2.17. The van der Waals surface area contributed by atoms with Crippen LogP contribution < -0.4 is 0 Å². The van der Waals surface area contributed by atoms with Crippen molar-refractivity contribution in [3.8, 4) is 0 Å². The SMILES string of the molecule is CCCCCCCCCCN(C)CCCN(C)C.Cl.Cl. The van der Waals surface area contributed by atoms with Crippen LogP contribution in [0.2, 0.25) is 0 Å². The molecule has 0 aliphatic heterocycles. The van der Waals surface area contributed by atoms with Crippen molar-refractivity contribution in [2.24, 2.45) is 0 Å². The molecule has 20 heavy (non-hydrogen) atoms. The van der Waals surface area contributed by atoms with Gasteiger partial charge in [-0.05, 0) is 53.6 Å². The maximum atomic E-state index is 2.49. The molecule has 0 aromatic heterocycles. The summed E-state index contributed by atoms with van der Waals surface area (Å²) >= 11 is 0. The lowest BCUT2D eigenvalue weighted by molar-refractivity contribution is 0.294. The molecule has 0 heterocycles. The Kier molecular flexibility index (Phi) is 24.8. The third-order valence-electron chi connectivity index (χ3n) is 3.54. The van der Waals surface area contributed by atoms with Crippen LogP contribution in [0.3, 0.4) is 0 Å². The monoisotopic (exact) mass is 328 g/mol. The third kappa shape index (κ3) is 20.8. The van der Waals surface area contributed by atoms with Crippen LogP contribution in [0, 0.1) is 0 Å². The highest BCUT2D eigenvalue weighted by Gasteiger charge is 1.99. The van der Waals surface area contributed by atoms with Gasteiger partial charge in [-0.15, -0.1) is 24.8 Å². The summed E-state index contributed by atoms with van der Waals surface area (Å²) in [7, 11) is 6.56. The molecular formula is C16H38Cl2N2. The molecule has 0 amide bonds. The molecule has 0 radical (unpaired) electrons. The van der Waals surface area contributed by atoms with Gasteiger partial charge in [-0.2, -0.15) is 0 Å². The van der Waals surface area contributed by atoms with Crippen LogP contribution in [0.1, 0.15) is 64.7 Å². The molecule has 0 N–H and O–H groups in total. The van der Waals surface area contributed by atoms with Gasteiger partial charge in [-0.25, -0.2) is 0 Å². The number of halogens is 2. The number of hydrogen-bond donors (Lipinski definition) is 0. The number of unbranched alkanes of at least 4 members (excludes halogenated alkanes) is 7. The fourth-order valence-corrected chi connectivity index (χ4v) is 2.28. The van der Waals surface area contributed by atoms with Crippen LogP contribution in [0.5, 0.6) is 0 Å². The fraction of sp³-hybridized carbons (Fsp3) is 1.00. The van der Waals surface area contributed by atoms with E-state index in [1.807, 2.05) is 0 Å². The summed E-state index contributed by atoms with van der Waals surface area (Å²) < 4.78 is 0. The molecule has 0 saturated carbocycles. The molecule has 2 nitrogen and oxygen atoms in total. The van der Waals surface area contributed by atoms with Crippen molar-refractivity contribution in [1.82, 2.24) is 9.80 Å². The number of nitrogens with zero attached hydrogens (tertiary/aromatic N) is 2. The molecule has 0 unspecified atom stereocenters. The van der Waals surface area contributed by atoms with Gasteiger partial charge in [0.25, 0.3) is 0 Å². The second-order valence-electron chi connectivity index (χ2n) is 5.93. The van der Waals surface area contributed by atoms with E-state index in [0.29, 0.717) is 0 Å². The second-order valence-corrected chi connectivity index (χ2v) is 5.93. The van der Waals surface area contributed by atoms with E-state index >= 15 is 0 Å². The zero-order valence-corrected chi connectivity index (χ0v) is 15.8. The number of rotatable bonds is 13. The summed E-state index contributed by atoms with van der Waals surface area (Å²) in [6.45, 7) is 6.02. The normalized spacial score (nSPS) is 10.5. The van der Waals surface area contributed by atoms with Gasteiger partial charge in [-0.1, -0.05) is 51.9 Å². The molecule has 0 aromatic carbocycles. The highest BCUT2D eigenvalue weighted by molar-refractivity contribution is 5.85. The summed E-state index contributed by atoms with van der Waals surface area (Å²) in [6.07, 6.45) is 12.7. The average molecular weight is 329 g/mol. The van der Waals surface area contributed by atoms with Crippen molar-refractivity contribution in [3.63, 3.8) is 0 Å². The lowest BCUT2D eigenvalue weighted by atomic mass is 10.1. The molecule has 0 aromatic rings. The standard InChI is InChI=1S/C16H36N2.2ClH/c1-5-6-7-8-9-10-11-12-15-18(4)16-13-14-17(2)3;;/h5-16H2,1-4H3;2*1H. The summed E-state index contributed by atoms with van der Waals surface area (Å²) in [5.74, 6) is 0. The predicted octanol–water partition coefficient (Wildman–Crippen LogP) is 4.85. The largest absolute Gasteiger partial charge is 0.309 e. The zero-order chi connectivity index (χ0) is 13.6. The van der Waals surface area contributed by atoms with Gasteiger partial charge < -0.3 is 9.80 Å². The van der Waals surface area contributed by atoms with E-state index in [1.165, 1.54) is 77.4 Å². The highest BCUT2D eigenvalue weighted by Crippen LogP contribution is 2.08. The molecule has 0 aliphatic carbocycles. The first kappa shape index (κ1) is 25.5. The van der Waals surface area contributed by atoms with E-state index in [-0.39, 0.29) is 24.8 Å². The van der Waals surface area contributed by atoms with Crippen LogP contribution in [-0.2, 0) is 0 Å². The summed E-state index contributed by atoms with van der Waals surface area (Å²) in [5, 5.41) is 0. The Hall–Kier alpha value is 0.500. The molecule has 0 fully saturated rings. The van der Waals surface area contributed by atoms with Crippen LogP contribution in [0.4, 0.5) is 0 Å². The van der Waals surface area contributed by atoms with Crippen molar-refractivity contribution in [2.75, 3.05) is 40.8 Å². The van der Waals surface area contributed by atoms with Crippen molar-refractivity contribution in [3.05, 3.63) is 0 Å². The van der Waals surface area contributed by atoms with Crippen LogP contribution >= 0.6 is 24.8 Å². The van der Waals surface area contributed by atoms with E-state index in [4.69, 9.17) is 0 Å². The maximum absolute atomic E-state index is 2.49. The van der Waals surface area contributed by atoms with Crippen molar-refractivity contribution in [1.29, 1.82) is 0 Å². The van der Waals surface area contributed by atoms with Crippen molar-refractivity contribution >= 4 is 24.8 Å². The first-order valence-corrected chi connectivity index (χ1v) is 8.00. The van der Waals surface area contributed by atoms with Crippen LogP contribution in [0.25, 0.3) is 0 Å². The van der Waals surface area contributed by atoms with E-state index in [0.717, 1.165) is 0 Å². The van der Waals surface area contributed by atoms with Crippen molar-refractivity contribution < 1.29 is 0 Å². The Morgan fingerprint density at radius 2 is 1.00 bits per heavy atom. The molecule has 0 rings (SSSR count). The minimum absolute atomic E-state index is 0. The molecule has 0 bridgehead atoms. The molecule has 0 atom stereocenters. The van der Waals surface area contributed by atoms with Crippen LogP contribution in [-0.4, -0.2) is 50.6 Å². The van der Waals surface area contributed by atoms with Gasteiger partial charge in [-0.3, -0.25) is 0 Å². The van der Waals surface area contributed by atoms with E-state index in [1.54, 1.807) is 0 Å². The summed E-state index contributed by atoms with van der Waals surface area (Å²) in [5.41, 5.74) is 0. The van der Waals surface area contributed by atoms with Gasteiger partial charge in [0.1, 0.15) is 0 Å². The predicted molar refractivity (Wildman–Crippen MR) is 97.8 cm³/mol. The van der Waals surface area contributed by atoms with Gasteiger partial charge >= 0.3 is 0 Å². The molecular weight excluding hydrogens is 291 g/mol. The zero-order valence-electron chi connectivity index (χ0n) is 14.2. The molecule has 4 heteroatoms. The van der Waals surface area contributed by atoms with Gasteiger partial charge in [0.15, 0.2) is 0 Å². The third-order valence-corrected chi connectivity index (χ3v) is 3.54. The fourth-order valence-electron chi connectivity index (χ4n) is 2.28. The Balaban J connectivity index is -0.00000144. The Labute approximate surface area is 140 Å². The summed E-state index contributed by atoms with van der Waals surface area (Å²) in [6, 6.07) is 0. The second kappa shape index (κ2) is 19.5. The quantitative estimate of drug-likeness (QED) is 0.446. The average Bonchev–Trinajstić information content (AvgIpc) is 2.32. The van der Waals surface area contributed by atoms with Gasteiger partial charge in [0.05, 0.1) is 0 Å². The Morgan fingerprint density at radius 1 is 0.550 bits per heavy atom. The number of hydrogen-bond acceptors (Lipinski definition) is 2. The maximum Gasteiger partial charge on any atom is -0.000960 e. The molecule has 0 aliphatic rings. The first-order valence-electron chi connectivity index (χ1n) is 8.00. The highest BCUT2D eigenvalue weighted by atomic mass is 35.5. The minimum atomic E-state index is 0. The van der Waals surface area contributed by atoms with Crippen molar-refractivity contribution in [2.45, 2.75) is 64.7 Å². The first-order chi connectivity index (χ1) is 8.66. The van der Waals surface area contributed by atoms with E-state index in [2.05, 4.69) is 37.9 Å². The molecule has 0 spiro atoms. The Morgan fingerprint density at radius 3 is 1.50 bits per heavy atom. The molecule has 126 valence electrons. The van der Waals surface area contributed by atoms with Gasteiger partial charge in [0.2, 0.25) is 0 Å². The minimum Gasteiger partial charge on any atom is -0.309 e. The Bertz CT molecular complexity index is 167. The topological polar surface area (TPSA) is 6.48 Å². The molecule has 0 saturated heterocycles.